The normalized spacial score (nSPS) is 11.5. The molecule has 0 fully saturated rings. The summed E-state index contributed by atoms with van der Waals surface area (Å²) in [7, 11) is -3.81. The molecule has 124 valence electrons. The molecule has 0 amide bonds. The second-order valence-corrected chi connectivity index (χ2v) is 6.92. The van der Waals surface area contributed by atoms with Crippen LogP contribution in [0, 0.1) is 19.7 Å². The Morgan fingerprint density at radius 2 is 1.88 bits per heavy atom. The van der Waals surface area contributed by atoms with E-state index >= 15 is 0 Å². The van der Waals surface area contributed by atoms with E-state index in [2.05, 4.69) is 20.2 Å². The Hall–Kier alpha value is -2.81. The number of benzene rings is 2. The summed E-state index contributed by atoms with van der Waals surface area (Å²) in [6.45, 7) is 3.36. The predicted octanol–water partition coefficient (Wildman–Crippen LogP) is 2.22. The van der Waals surface area contributed by atoms with E-state index in [1.165, 1.54) is 23.1 Å². The molecule has 0 radical (unpaired) electrons. The zero-order valence-corrected chi connectivity index (χ0v) is 13.7. The first-order chi connectivity index (χ1) is 11.4. The average molecular weight is 347 g/mol. The Morgan fingerprint density at radius 1 is 1.08 bits per heavy atom. The highest BCUT2D eigenvalue weighted by molar-refractivity contribution is 7.92. The lowest BCUT2D eigenvalue weighted by molar-refractivity contribution is 0.598. The second kappa shape index (κ2) is 6.00. The van der Waals surface area contributed by atoms with Crippen LogP contribution in [-0.2, 0) is 10.0 Å². The molecular formula is C15H14FN5O2S. The van der Waals surface area contributed by atoms with Crippen molar-refractivity contribution in [3.05, 3.63) is 59.7 Å². The molecule has 0 saturated heterocycles. The number of nitrogens with one attached hydrogen (secondary N) is 1. The van der Waals surface area contributed by atoms with Crippen molar-refractivity contribution in [3.63, 3.8) is 0 Å². The third-order valence-electron chi connectivity index (χ3n) is 3.47. The fourth-order valence-electron chi connectivity index (χ4n) is 2.37. The highest BCUT2D eigenvalue weighted by Gasteiger charge is 2.18. The van der Waals surface area contributed by atoms with Crippen LogP contribution in [-0.4, -0.2) is 28.6 Å². The van der Waals surface area contributed by atoms with Gasteiger partial charge in [-0.1, -0.05) is 0 Å². The van der Waals surface area contributed by atoms with Crippen LogP contribution < -0.4 is 4.72 Å². The molecule has 1 heterocycles. The molecule has 0 spiro atoms. The van der Waals surface area contributed by atoms with Crippen molar-refractivity contribution < 1.29 is 12.8 Å². The topological polar surface area (TPSA) is 89.8 Å². The van der Waals surface area contributed by atoms with Crippen LogP contribution in [0.5, 0.6) is 0 Å². The SMILES string of the molecule is Cc1cc(NS(=O)(=O)c2ccc(F)cc2C)ccc1-n1cnnn1. The Kier molecular flexibility index (Phi) is 4.02. The summed E-state index contributed by atoms with van der Waals surface area (Å²) in [5.41, 5.74) is 2.26. The fraction of sp³-hybridized carbons (Fsp3) is 0.133. The van der Waals surface area contributed by atoms with Gasteiger partial charge < -0.3 is 0 Å². The van der Waals surface area contributed by atoms with Gasteiger partial charge in [-0.3, -0.25) is 4.72 Å². The summed E-state index contributed by atoms with van der Waals surface area (Å²) in [6.07, 6.45) is 1.45. The van der Waals surface area contributed by atoms with Crippen LogP contribution in [0.3, 0.4) is 0 Å². The van der Waals surface area contributed by atoms with Gasteiger partial charge in [-0.05, 0) is 71.8 Å². The number of anilines is 1. The number of rotatable bonds is 4. The highest BCUT2D eigenvalue weighted by atomic mass is 32.2. The lowest BCUT2D eigenvalue weighted by atomic mass is 10.2. The first-order valence-electron chi connectivity index (χ1n) is 7.00. The van der Waals surface area contributed by atoms with Crippen molar-refractivity contribution in [3.8, 4) is 5.69 Å². The third kappa shape index (κ3) is 3.11. The molecule has 0 unspecified atom stereocenters. The van der Waals surface area contributed by atoms with Crippen LogP contribution in [0.1, 0.15) is 11.1 Å². The van der Waals surface area contributed by atoms with Crippen molar-refractivity contribution in [1.82, 2.24) is 20.2 Å². The summed E-state index contributed by atoms with van der Waals surface area (Å²) >= 11 is 0. The van der Waals surface area contributed by atoms with Crippen LogP contribution in [0.15, 0.2) is 47.6 Å². The Balaban J connectivity index is 1.92. The van der Waals surface area contributed by atoms with Crippen molar-refractivity contribution >= 4 is 15.7 Å². The molecule has 9 heteroatoms. The van der Waals surface area contributed by atoms with Gasteiger partial charge in [0.1, 0.15) is 12.1 Å². The van der Waals surface area contributed by atoms with Gasteiger partial charge in [0.2, 0.25) is 0 Å². The van der Waals surface area contributed by atoms with Gasteiger partial charge in [0.25, 0.3) is 10.0 Å². The minimum absolute atomic E-state index is 0.0334. The molecule has 3 rings (SSSR count). The molecule has 24 heavy (non-hydrogen) atoms. The smallest absolute Gasteiger partial charge is 0.262 e. The first kappa shape index (κ1) is 16.1. The molecule has 2 aromatic carbocycles. The van der Waals surface area contributed by atoms with E-state index in [1.807, 2.05) is 6.92 Å². The number of nitrogens with zero attached hydrogens (tertiary/aromatic N) is 4. The molecule has 3 aromatic rings. The molecule has 0 aliphatic rings. The zero-order chi connectivity index (χ0) is 17.3. The minimum atomic E-state index is -3.81. The molecular weight excluding hydrogens is 333 g/mol. The van der Waals surface area contributed by atoms with E-state index in [0.717, 1.165) is 17.3 Å². The summed E-state index contributed by atoms with van der Waals surface area (Å²) in [4.78, 5) is 0.0334. The monoisotopic (exact) mass is 347 g/mol. The van der Waals surface area contributed by atoms with E-state index in [9.17, 15) is 12.8 Å². The Labute approximate surface area is 138 Å². The van der Waals surface area contributed by atoms with E-state index in [1.54, 1.807) is 25.1 Å². The van der Waals surface area contributed by atoms with Gasteiger partial charge in [-0.15, -0.1) is 5.10 Å². The summed E-state index contributed by atoms with van der Waals surface area (Å²) in [6, 6.07) is 8.54. The average Bonchev–Trinajstić information content (AvgIpc) is 3.00. The van der Waals surface area contributed by atoms with Crippen LogP contribution >= 0.6 is 0 Å². The van der Waals surface area contributed by atoms with Gasteiger partial charge in [-0.2, -0.15) is 0 Å². The van der Waals surface area contributed by atoms with Gasteiger partial charge in [-0.25, -0.2) is 17.5 Å². The lowest BCUT2D eigenvalue weighted by Crippen LogP contribution is -2.14. The number of sulfonamides is 1. The first-order valence-corrected chi connectivity index (χ1v) is 8.48. The zero-order valence-electron chi connectivity index (χ0n) is 12.9. The molecule has 0 aliphatic carbocycles. The molecule has 0 aliphatic heterocycles. The lowest BCUT2D eigenvalue weighted by Gasteiger charge is -2.12. The van der Waals surface area contributed by atoms with Gasteiger partial charge in [0, 0.05) is 5.69 Å². The van der Waals surface area contributed by atoms with Crippen molar-refractivity contribution in [2.75, 3.05) is 4.72 Å². The number of aryl methyl sites for hydroxylation is 2. The fourth-order valence-corrected chi connectivity index (χ4v) is 3.65. The minimum Gasteiger partial charge on any atom is -0.280 e. The van der Waals surface area contributed by atoms with Crippen LogP contribution in [0.4, 0.5) is 10.1 Å². The van der Waals surface area contributed by atoms with Gasteiger partial charge in [0.05, 0.1) is 10.6 Å². The number of hydrogen-bond acceptors (Lipinski definition) is 5. The van der Waals surface area contributed by atoms with Gasteiger partial charge >= 0.3 is 0 Å². The van der Waals surface area contributed by atoms with E-state index in [4.69, 9.17) is 0 Å². The highest BCUT2D eigenvalue weighted by Crippen LogP contribution is 2.23. The van der Waals surface area contributed by atoms with Crippen molar-refractivity contribution in [2.24, 2.45) is 0 Å². The van der Waals surface area contributed by atoms with E-state index < -0.39 is 15.8 Å². The molecule has 0 atom stereocenters. The van der Waals surface area contributed by atoms with Gasteiger partial charge in [0.15, 0.2) is 0 Å². The number of halogens is 1. The molecule has 0 bridgehead atoms. The van der Waals surface area contributed by atoms with E-state index in [0.29, 0.717) is 11.3 Å². The van der Waals surface area contributed by atoms with Crippen molar-refractivity contribution in [2.45, 2.75) is 18.7 Å². The third-order valence-corrected chi connectivity index (χ3v) is 5.01. The summed E-state index contributed by atoms with van der Waals surface area (Å²) < 4.78 is 42.1. The summed E-state index contributed by atoms with van der Waals surface area (Å²) in [5, 5.41) is 10.9. The number of tetrazole rings is 1. The summed E-state index contributed by atoms with van der Waals surface area (Å²) in [5.74, 6) is -0.479. The molecule has 1 aromatic heterocycles. The molecule has 1 N–H and O–H groups in total. The predicted molar refractivity (Wildman–Crippen MR) is 85.8 cm³/mol. The Bertz CT molecular complexity index is 987. The van der Waals surface area contributed by atoms with Crippen LogP contribution in [0.2, 0.25) is 0 Å². The second-order valence-electron chi connectivity index (χ2n) is 5.27. The standard InChI is InChI=1S/C15H14FN5O2S/c1-10-8-13(4-5-14(10)21-9-17-19-20-21)18-24(22,23)15-6-3-12(16)7-11(15)2/h3-9,18H,1-2H3. The Morgan fingerprint density at radius 3 is 2.50 bits per heavy atom. The number of aromatic nitrogens is 4. The number of hydrogen-bond donors (Lipinski definition) is 1. The molecule has 7 nitrogen and oxygen atoms in total. The van der Waals surface area contributed by atoms with Crippen molar-refractivity contribution in [1.29, 1.82) is 0 Å². The maximum absolute atomic E-state index is 13.2. The van der Waals surface area contributed by atoms with Crippen LogP contribution in [0.25, 0.3) is 5.69 Å². The molecule has 0 saturated carbocycles. The van der Waals surface area contributed by atoms with E-state index in [-0.39, 0.29) is 4.90 Å². The maximum Gasteiger partial charge on any atom is 0.262 e. The quantitative estimate of drug-likeness (QED) is 0.781. The maximum atomic E-state index is 13.2. The largest absolute Gasteiger partial charge is 0.280 e.